The molecule has 0 aliphatic carbocycles. The molecule has 5 aromatic heterocycles. The van der Waals surface area contributed by atoms with Gasteiger partial charge in [-0.05, 0) is 63.2 Å². The third kappa shape index (κ3) is 4.65. The molecule has 0 radical (unpaired) electrons. The highest BCUT2D eigenvalue weighted by atomic mass is 32.1. The lowest BCUT2D eigenvalue weighted by molar-refractivity contribution is 0.102. The first kappa shape index (κ1) is 24.6. The van der Waals surface area contributed by atoms with Gasteiger partial charge in [-0.3, -0.25) is 24.8 Å². The minimum atomic E-state index is 0.0629. The van der Waals surface area contributed by atoms with Gasteiger partial charge in [0, 0.05) is 34.1 Å². The van der Waals surface area contributed by atoms with E-state index in [0.717, 1.165) is 73.9 Å². The summed E-state index contributed by atoms with van der Waals surface area (Å²) >= 11 is 1.48. The number of imidazole rings is 1. The number of fused-ring (bicyclic) bond motifs is 2. The Kier molecular flexibility index (Phi) is 6.33. The monoisotopic (exact) mass is 549 g/mol. The zero-order valence-corrected chi connectivity index (χ0v) is 22.8. The molecular formula is C30H27N7O2S. The number of carbonyl (C=O) groups is 1. The van der Waals surface area contributed by atoms with Crippen LogP contribution in [-0.2, 0) is 0 Å². The highest BCUT2D eigenvalue weighted by molar-refractivity contribution is 7.17. The van der Waals surface area contributed by atoms with E-state index in [1.54, 1.807) is 25.5 Å². The topological polar surface area (TPSA) is 113 Å². The summed E-state index contributed by atoms with van der Waals surface area (Å²) < 4.78 is 6.01. The van der Waals surface area contributed by atoms with Crippen LogP contribution in [0, 0.1) is 0 Å². The number of rotatable bonds is 8. The summed E-state index contributed by atoms with van der Waals surface area (Å²) in [7, 11) is 0. The van der Waals surface area contributed by atoms with Crippen molar-refractivity contribution in [3.63, 3.8) is 0 Å². The third-order valence-electron chi connectivity index (χ3n) is 7.29. The van der Waals surface area contributed by atoms with Crippen molar-refractivity contribution in [2.24, 2.45) is 0 Å². The van der Waals surface area contributed by atoms with Gasteiger partial charge in [0.15, 0.2) is 11.6 Å². The summed E-state index contributed by atoms with van der Waals surface area (Å²) in [5.74, 6) is 1.46. The number of para-hydroxylation sites is 1. The number of nitrogens with one attached hydrogen (secondary N) is 2. The third-order valence-corrected chi connectivity index (χ3v) is 8.51. The first-order chi connectivity index (χ1) is 19.6. The van der Waals surface area contributed by atoms with Crippen LogP contribution in [0.15, 0.2) is 61.1 Å². The first-order valence-corrected chi connectivity index (χ1v) is 14.2. The van der Waals surface area contributed by atoms with Gasteiger partial charge in [0.05, 0.1) is 39.5 Å². The predicted molar refractivity (Wildman–Crippen MR) is 157 cm³/mol. The summed E-state index contributed by atoms with van der Waals surface area (Å²) in [5, 5.41) is 8.56. The molecule has 1 aliphatic heterocycles. The van der Waals surface area contributed by atoms with Crippen molar-refractivity contribution in [1.29, 1.82) is 0 Å². The van der Waals surface area contributed by atoms with Gasteiger partial charge in [0.1, 0.15) is 18.1 Å². The standard InChI is InChI=1S/C30H27N7O2S/c1-18(38)26-7-8-27(40-26)21-5-4-6-23-28(21)34-30(33-23)29-22-14-24(32-17-25(22)35-36-29)19-13-20(16-31-15-19)39-12-11-37-9-2-3-10-37/h4-8,13-17H,2-3,9-12H2,1H3,(H,33,34)(H,35,36). The van der Waals surface area contributed by atoms with Crippen LogP contribution in [0.2, 0.25) is 0 Å². The van der Waals surface area contributed by atoms with Crippen LogP contribution < -0.4 is 4.74 Å². The number of pyridine rings is 2. The number of nitrogens with zero attached hydrogens (tertiary/aromatic N) is 5. The highest BCUT2D eigenvalue weighted by Crippen LogP contribution is 2.35. The maximum absolute atomic E-state index is 11.8. The number of hydrogen-bond donors (Lipinski definition) is 2. The molecule has 10 heteroatoms. The SMILES string of the molecule is CC(=O)c1ccc(-c2cccc3[nH]c(-c4n[nH]c5cnc(-c6cncc(OCCN7CCCC7)c6)cc45)nc23)s1. The minimum absolute atomic E-state index is 0.0629. The molecule has 7 rings (SSSR count). The second-order valence-electron chi connectivity index (χ2n) is 10.0. The molecule has 1 aromatic carbocycles. The van der Waals surface area contributed by atoms with Crippen molar-refractivity contribution < 1.29 is 9.53 Å². The number of ether oxygens (including phenoxy) is 1. The van der Waals surface area contributed by atoms with Gasteiger partial charge in [-0.1, -0.05) is 12.1 Å². The van der Waals surface area contributed by atoms with E-state index >= 15 is 0 Å². The number of carbonyl (C=O) groups excluding carboxylic acids is 1. The maximum atomic E-state index is 11.8. The Bertz CT molecular complexity index is 1850. The van der Waals surface area contributed by atoms with Crippen LogP contribution in [0.4, 0.5) is 0 Å². The molecule has 1 saturated heterocycles. The lowest BCUT2D eigenvalue weighted by atomic mass is 10.1. The summed E-state index contributed by atoms with van der Waals surface area (Å²) in [5.41, 5.74) is 5.89. The van der Waals surface area contributed by atoms with Crippen molar-refractivity contribution in [1.82, 2.24) is 35.0 Å². The molecule has 0 bridgehead atoms. The molecule has 40 heavy (non-hydrogen) atoms. The number of H-pyrrole nitrogens is 2. The normalized spacial score (nSPS) is 13.9. The summed E-state index contributed by atoms with van der Waals surface area (Å²) in [6.45, 7) is 5.46. The second kappa shape index (κ2) is 10.3. The van der Waals surface area contributed by atoms with Gasteiger partial charge >= 0.3 is 0 Å². The molecule has 200 valence electrons. The van der Waals surface area contributed by atoms with Gasteiger partial charge in [-0.15, -0.1) is 11.3 Å². The average molecular weight is 550 g/mol. The van der Waals surface area contributed by atoms with Crippen LogP contribution in [0.25, 0.3) is 55.2 Å². The van der Waals surface area contributed by atoms with Crippen LogP contribution in [0.5, 0.6) is 5.75 Å². The minimum Gasteiger partial charge on any atom is -0.491 e. The van der Waals surface area contributed by atoms with Crippen molar-refractivity contribution in [3.8, 4) is 39.0 Å². The summed E-state index contributed by atoms with van der Waals surface area (Å²) in [4.78, 5) is 33.4. The van der Waals surface area contributed by atoms with E-state index in [1.807, 2.05) is 42.5 Å². The van der Waals surface area contributed by atoms with Crippen LogP contribution in [0.1, 0.15) is 29.4 Å². The molecule has 1 fully saturated rings. The number of Topliss-reactive ketones (excluding diaryl/α,β-unsaturated/α-hetero) is 1. The molecule has 6 heterocycles. The van der Waals surface area contributed by atoms with Crippen molar-refractivity contribution in [2.45, 2.75) is 19.8 Å². The molecule has 2 N–H and O–H groups in total. The Labute approximate surface area is 234 Å². The van der Waals surface area contributed by atoms with E-state index < -0.39 is 0 Å². The lowest BCUT2D eigenvalue weighted by Gasteiger charge is -2.15. The molecular weight excluding hydrogens is 522 g/mol. The number of ketones is 1. The first-order valence-electron chi connectivity index (χ1n) is 13.4. The lowest BCUT2D eigenvalue weighted by Crippen LogP contribution is -2.25. The molecule has 6 aromatic rings. The van der Waals surface area contributed by atoms with Crippen molar-refractivity contribution in [2.75, 3.05) is 26.2 Å². The fourth-order valence-corrected chi connectivity index (χ4v) is 6.13. The number of hydrogen-bond acceptors (Lipinski definition) is 8. The number of benzene rings is 1. The van der Waals surface area contributed by atoms with Crippen LogP contribution in [0.3, 0.4) is 0 Å². The zero-order valence-electron chi connectivity index (χ0n) is 22.0. The number of thiophene rings is 1. The Hall–Kier alpha value is -4.41. The van der Waals surface area contributed by atoms with E-state index in [-0.39, 0.29) is 5.78 Å². The number of likely N-dealkylation sites (tertiary alicyclic amines) is 1. The van der Waals surface area contributed by atoms with E-state index in [0.29, 0.717) is 18.1 Å². The zero-order chi connectivity index (χ0) is 27.1. The Morgan fingerprint density at radius 2 is 1.98 bits per heavy atom. The summed E-state index contributed by atoms with van der Waals surface area (Å²) in [6, 6.07) is 13.8. The summed E-state index contributed by atoms with van der Waals surface area (Å²) in [6.07, 6.45) is 7.87. The Morgan fingerprint density at radius 3 is 2.83 bits per heavy atom. The number of aromatic nitrogens is 6. The second-order valence-corrected chi connectivity index (χ2v) is 11.1. The molecule has 0 saturated carbocycles. The van der Waals surface area contributed by atoms with Gasteiger partial charge in [-0.25, -0.2) is 4.98 Å². The quantitative estimate of drug-likeness (QED) is 0.225. The van der Waals surface area contributed by atoms with Gasteiger partial charge in [0.25, 0.3) is 0 Å². The molecule has 0 atom stereocenters. The van der Waals surface area contributed by atoms with E-state index in [1.165, 1.54) is 24.2 Å². The molecule has 9 nitrogen and oxygen atoms in total. The smallest absolute Gasteiger partial charge is 0.169 e. The fourth-order valence-electron chi connectivity index (χ4n) is 5.21. The van der Waals surface area contributed by atoms with E-state index in [2.05, 4.69) is 30.0 Å². The molecule has 0 spiro atoms. The van der Waals surface area contributed by atoms with Gasteiger partial charge < -0.3 is 9.72 Å². The van der Waals surface area contributed by atoms with Gasteiger partial charge in [0.2, 0.25) is 0 Å². The fraction of sp³-hybridized carbons (Fsp3) is 0.233. The maximum Gasteiger partial charge on any atom is 0.169 e. The largest absolute Gasteiger partial charge is 0.491 e. The number of aromatic amines is 2. The van der Waals surface area contributed by atoms with Crippen LogP contribution in [-0.4, -0.2) is 67.1 Å². The molecule has 0 unspecified atom stereocenters. The van der Waals surface area contributed by atoms with Crippen molar-refractivity contribution in [3.05, 3.63) is 65.9 Å². The molecule has 1 aliphatic rings. The van der Waals surface area contributed by atoms with Crippen LogP contribution >= 0.6 is 11.3 Å². The van der Waals surface area contributed by atoms with E-state index in [9.17, 15) is 4.79 Å². The van der Waals surface area contributed by atoms with Gasteiger partial charge in [-0.2, -0.15) is 5.10 Å². The average Bonchev–Trinajstić information content (AvgIpc) is 3.78. The highest BCUT2D eigenvalue weighted by Gasteiger charge is 2.18. The van der Waals surface area contributed by atoms with Crippen molar-refractivity contribution >= 4 is 39.1 Å². The van der Waals surface area contributed by atoms with E-state index in [4.69, 9.17) is 9.72 Å². The molecule has 0 amide bonds. The Balaban J connectivity index is 1.20. The Morgan fingerprint density at radius 1 is 1.07 bits per heavy atom. The predicted octanol–water partition coefficient (Wildman–Crippen LogP) is 5.97.